The molecule has 3 aromatic rings. The van der Waals surface area contributed by atoms with Crippen LogP contribution in [-0.4, -0.2) is 0 Å². The maximum atomic E-state index is 6.32. The molecular formula is C20H18Cl2N2O. The molecule has 0 aliphatic carbocycles. The largest absolute Gasteiger partial charge is 0.487 e. The van der Waals surface area contributed by atoms with Crippen LogP contribution in [0.25, 0.3) is 0 Å². The highest BCUT2D eigenvalue weighted by Gasteiger charge is 2.04. The van der Waals surface area contributed by atoms with Gasteiger partial charge in [0.1, 0.15) is 12.4 Å². The average molecular weight is 373 g/mol. The topological polar surface area (TPSA) is 33.3 Å². The number of hydrazine groups is 1. The molecule has 3 rings (SSSR count). The first-order valence-corrected chi connectivity index (χ1v) is 8.66. The Morgan fingerprint density at radius 1 is 0.800 bits per heavy atom. The van der Waals surface area contributed by atoms with Crippen LogP contribution in [0.5, 0.6) is 5.75 Å². The molecule has 0 heterocycles. The van der Waals surface area contributed by atoms with Crippen molar-refractivity contribution in [2.45, 2.75) is 13.2 Å². The van der Waals surface area contributed by atoms with Gasteiger partial charge in [-0.1, -0.05) is 59.6 Å². The van der Waals surface area contributed by atoms with Gasteiger partial charge in [0.15, 0.2) is 0 Å². The highest BCUT2D eigenvalue weighted by molar-refractivity contribution is 6.32. The number of anilines is 1. The van der Waals surface area contributed by atoms with Gasteiger partial charge in [-0.25, -0.2) is 5.43 Å². The highest BCUT2D eigenvalue weighted by atomic mass is 35.5. The van der Waals surface area contributed by atoms with Crippen LogP contribution in [0.4, 0.5) is 5.69 Å². The van der Waals surface area contributed by atoms with Crippen molar-refractivity contribution in [3.8, 4) is 5.75 Å². The summed E-state index contributed by atoms with van der Waals surface area (Å²) >= 11 is 12.2. The summed E-state index contributed by atoms with van der Waals surface area (Å²) in [6, 6.07) is 23.3. The predicted octanol–water partition coefficient (Wildman–Crippen LogP) is 5.69. The second-order valence-corrected chi connectivity index (χ2v) is 6.37. The van der Waals surface area contributed by atoms with Gasteiger partial charge in [-0.15, -0.1) is 0 Å². The van der Waals surface area contributed by atoms with E-state index in [1.165, 1.54) is 0 Å². The first-order chi connectivity index (χ1) is 12.2. The third kappa shape index (κ3) is 5.40. The molecule has 5 heteroatoms. The fraction of sp³-hybridized carbons (Fsp3) is 0.100. The fourth-order valence-electron chi connectivity index (χ4n) is 2.28. The summed E-state index contributed by atoms with van der Waals surface area (Å²) in [6.07, 6.45) is 0. The lowest BCUT2D eigenvalue weighted by molar-refractivity contribution is 0.306. The van der Waals surface area contributed by atoms with E-state index in [0.717, 1.165) is 16.8 Å². The molecule has 2 N–H and O–H groups in total. The van der Waals surface area contributed by atoms with E-state index in [1.54, 1.807) is 0 Å². The van der Waals surface area contributed by atoms with Crippen LogP contribution in [-0.2, 0) is 13.2 Å². The molecule has 0 spiro atoms. The maximum Gasteiger partial charge on any atom is 0.138 e. The molecule has 0 atom stereocenters. The number of hydrogen-bond donors (Lipinski definition) is 2. The Kier molecular flexibility index (Phi) is 6.18. The molecule has 0 unspecified atom stereocenters. The van der Waals surface area contributed by atoms with Crippen LogP contribution < -0.4 is 15.6 Å². The molecule has 0 saturated carbocycles. The molecule has 128 valence electrons. The first kappa shape index (κ1) is 17.6. The van der Waals surface area contributed by atoms with Gasteiger partial charge < -0.3 is 10.2 Å². The quantitative estimate of drug-likeness (QED) is 0.522. The third-order valence-electron chi connectivity index (χ3n) is 3.60. The lowest BCUT2D eigenvalue weighted by atomic mass is 10.2. The Balaban J connectivity index is 1.52. The van der Waals surface area contributed by atoms with Crippen molar-refractivity contribution in [1.82, 2.24) is 5.43 Å². The molecule has 25 heavy (non-hydrogen) atoms. The van der Waals surface area contributed by atoms with E-state index in [2.05, 4.69) is 10.9 Å². The second kappa shape index (κ2) is 8.77. The normalized spacial score (nSPS) is 10.5. The number of benzene rings is 3. The lowest BCUT2D eigenvalue weighted by Crippen LogP contribution is -2.20. The van der Waals surface area contributed by atoms with Gasteiger partial charge in [-0.05, 0) is 47.5 Å². The molecule has 0 fully saturated rings. The smallest absolute Gasteiger partial charge is 0.138 e. The molecule has 0 radical (unpaired) electrons. The zero-order valence-electron chi connectivity index (χ0n) is 13.5. The van der Waals surface area contributed by atoms with Crippen LogP contribution in [0.3, 0.4) is 0 Å². The van der Waals surface area contributed by atoms with Crippen molar-refractivity contribution >= 4 is 28.9 Å². The summed E-state index contributed by atoms with van der Waals surface area (Å²) in [5.74, 6) is 0.663. The van der Waals surface area contributed by atoms with Crippen molar-refractivity contribution < 1.29 is 4.74 Å². The summed E-state index contributed by atoms with van der Waals surface area (Å²) in [4.78, 5) is 0. The van der Waals surface area contributed by atoms with E-state index in [4.69, 9.17) is 27.9 Å². The van der Waals surface area contributed by atoms with Crippen molar-refractivity contribution in [1.29, 1.82) is 0 Å². The van der Waals surface area contributed by atoms with E-state index in [0.29, 0.717) is 28.9 Å². The van der Waals surface area contributed by atoms with Crippen LogP contribution in [0.15, 0.2) is 72.8 Å². The number of ether oxygens (including phenoxy) is 1. The Hall–Kier alpha value is -2.20. The van der Waals surface area contributed by atoms with Crippen LogP contribution in [0, 0.1) is 0 Å². The second-order valence-electron chi connectivity index (χ2n) is 5.52. The van der Waals surface area contributed by atoms with E-state index >= 15 is 0 Å². The van der Waals surface area contributed by atoms with Gasteiger partial charge in [-0.3, -0.25) is 0 Å². The minimum Gasteiger partial charge on any atom is -0.487 e. The molecule has 0 bridgehead atoms. The SMILES string of the molecule is Clc1ccc(COc2ccc(CNNc3ccccc3)cc2Cl)cc1. The van der Waals surface area contributed by atoms with Gasteiger partial charge in [0.2, 0.25) is 0 Å². The van der Waals surface area contributed by atoms with Crippen LogP contribution in [0.2, 0.25) is 10.0 Å². The number of halogens is 2. The predicted molar refractivity (Wildman–Crippen MR) is 104 cm³/mol. The molecule has 0 aromatic heterocycles. The molecule has 3 nitrogen and oxygen atoms in total. The Labute approximate surface area is 157 Å². The van der Waals surface area contributed by atoms with Crippen molar-refractivity contribution in [2.75, 3.05) is 5.43 Å². The van der Waals surface area contributed by atoms with Gasteiger partial charge in [0.05, 0.1) is 5.02 Å². The van der Waals surface area contributed by atoms with Crippen LogP contribution in [0.1, 0.15) is 11.1 Å². The number of para-hydroxylation sites is 1. The fourth-order valence-corrected chi connectivity index (χ4v) is 2.67. The monoisotopic (exact) mass is 372 g/mol. The van der Waals surface area contributed by atoms with Crippen molar-refractivity contribution in [3.63, 3.8) is 0 Å². The molecule has 0 saturated heterocycles. The summed E-state index contributed by atoms with van der Waals surface area (Å²) in [7, 11) is 0. The molecule has 3 aromatic carbocycles. The molecule has 0 aliphatic rings. The van der Waals surface area contributed by atoms with Gasteiger partial charge in [0, 0.05) is 17.3 Å². The van der Waals surface area contributed by atoms with E-state index in [9.17, 15) is 0 Å². The van der Waals surface area contributed by atoms with Crippen molar-refractivity contribution in [3.05, 3.63) is 94.0 Å². The molecular weight excluding hydrogens is 355 g/mol. The summed E-state index contributed by atoms with van der Waals surface area (Å²) in [5.41, 5.74) is 9.42. The summed E-state index contributed by atoms with van der Waals surface area (Å²) in [6.45, 7) is 1.09. The molecule has 0 amide bonds. The summed E-state index contributed by atoms with van der Waals surface area (Å²) < 4.78 is 5.78. The minimum atomic E-state index is 0.448. The third-order valence-corrected chi connectivity index (χ3v) is 4.15. The van der Waals surface area contributed by atoms with Gasteiger partial charge in [-0.2, -0.15) is 0 Å². The highest BCUT2D eigenvalue weighted by Crippen LogP contribution is 2.26. The van der Waals surface area contributed by atoms with E-state index in [-0.39, 0.29) is 0 Å². The Morgan fingerprint density at radius 3 is 2.24 bits per heavy atom. The van der Waals surface area contributed by atoms with E-state index in [1.807, 2.05) is 72.8 Å². The van der Waals surface area contributed by atoms with Gasteiger partial charge in [0.25, 0.3) is 0 Å². The number of nitrogens with one attached hydrogen (secondary N) is 2. The summed E-state index contributed by atoms with van der Waals surface area (Å²) in [5, 5.41) is 1.30. The first-order valence-electron chi connectivity index (χ1n) is 7.90. The van der Waals surface area contributed by atoms with Gasteiger partial charge >= 0.3 is 0 Å². The number of rotatable bonds is 7. The minimum absolute atomic E-state index is 0.448. The number of hydrogen-bond acceptors (Lipinski definition) is 3. The standard InChI is InChI=1S/C20H18Cl2N2O/c21-17-9-6-15(7-10-17)14-25-20-11-8-16(12-19(20)22)13-23-24-18-4-2-1-3-5-18/h1-12,23-24H,13-14H2. The lowest BCUT2D eigenvalue weighted by Gasteiger charge is -2.11. The maximum absolute atomic E-state index is 6.32. The zero-order valence-corrected chi connectivity index (χ0v) is 15.0. The average Bonchev–Trinajstić information content (AvgIpc) is 2.63. The molecule has 0 aliphatic heterocycles. The Bertz CT molecular complexity index is 808. The van der Waals surface area contributed by atoms with E-state index < -0.39 is 0 Å². The van der Waals surface area contributed by atoms with Crippen molar-refractivity contribution in [2.24, 2.45) is 0 Å². The zero-order chi connectivity index (χ0) is 17.5. The Morgan fingerprint density at radius 2 is 1.52 bits per heavy atom. The van der Waals surface area contributed by atoms with Crippen LogP contribution >= 0.6 is 23.2 Å².